The Morgan fingerprint density at radius 1 is 1.04 bits per heavy atom. The van der Waals surface area contributed by atoms with Crippen LogP contribution in [-0.2, 0) is 4.89 Å². The van der Waals surface area contributed by atoms with E-state index < -0.39 is 11.9 Å². The molecule has 1 aromatic carbocycles. The Hall–Kier alpha value is -3.03. The van der Waals surface area contributed by atoms with Crippen molar-refractivity contribution in [3.05, 3.63) is 51.8 Å². The molecular formula is C17H24N2O6. The number of carbonyl (C=O) groups excluding carboxylic acids is 1. The number of rotatable bonds is 3. The van der Waals surface area contributed by atoms with Gasteiger partial charge in [-0.1, -0.05) is 57.5 Å². The molecule has 25 heavy (non-hydrogen) atoms. The van der Waals surface area contributed by atoms with E-state index in [1.807, 2.05) is 46.8 Å². The fourth-order valence-electron chi connectivity index (χ4n) is 1.39. The second-order valence-corrected chi connectivity index (χ2v) is 4.09. The van der Waals surface area contributed by atoms with Gasteiger partial charge in [0.05, 0.1) is 0 Å². The lowest BCUT2D eigenvalue weighted by Gasteiger charge is -2.01. The first-order valence-electron chi connectivity index (χ1n) is 7.86. The quantitative estimate of drug-likeness (QED) is 0.387. The fraction of sp³-hybridized carbons (Fsp3) is 0.353. The Kier molecular flexibility index (Phi) is 10.1. The number of amides is 1. The smallest absolute Gasteiger partial charge is 0.392 e. The third kappa shape index (κ3) is 7.38. The lowest BCUT2D eigenvalue weighted by Crippen LogP contribution is -2.17. The molecule has 8 nitrogen and oxygen atoms in total. The molecule has 0 aliphatic heterocycles. The first-order valence-corrected chi connectivity index (χ1v) is 7.86. The summed E-state index contributed by atoms with van der Waals surface area (Å²) in [5.74, 6) is -1.34. The van der Waals surface area contributed by atoms with Gasteiger partial charge in [0.2, 0.25) is 0 Å². The highest BCUT2D eigenvalue weighted by atomic mass is 17.2. The first-order chi connectivity index (χ1) is 12.0. The molecule has 138 valence electrons. The van der Waals surface area contributed by atoms with Crippen LogP contribution >= 0.6 is 0 Å². The van der Waals surface area contributed by atoms with Crippen molar-refractivity contribution in [2.75, 3.05) is 0 Å². The minimum atomic E-state index is -1.10. The maximum Gasteiger partial charge on any atom is 0.521 e. The molecule has 0 bridgehead atoms. The fourth-order valence-corrected chi connectivity index (χ4v) is 1.39. The first kappa shape index (κ1) is 22.0. The molecule has 1 amide bonds. The summed E-state index contributed by atoms with van der Waals surface area (Å²) in [5, 5.41) is 0. The molecule has 2 rings (SSSR count). The maximum absolute atomic E-state index is 11.4. The van der Waals surface area contributed by atoms with Gasteiger partial charge in [-0.05, 0) is 6.92 Å². The summed E-state index contributed by atoms with van der Waals surface area (Å²) in [6.07, 6.45) is -1.10. The van der Waals surface area contributed by atoms with E-state index in [0.29, 0.717) is 5.56 Å². The highest BCUT2D eigenvalue weighted by molar-refractivity contribution is 6.02. The Balaban J connectivity index is 0.00000134. The molecule has 0 aliphatic rings. The summed E-state index contributed by atoms with van der Waals surface area (Å²) in [5.41, 5.74) is 7.25. The third-order valence-corrected chi connectivity index (χ3v) is 2.45. The summed E-state index contributed by atoms with van der Waals surface area (Å²) >= 11 is 0. The summed E-state index contributed by atoms with van der Waals surface area (Å²) < 4.78 is 8.98. The van der Waals surface area contributed by atoms with Crippen molar-refractivity contribution in [3.8, 4) is 5.95 Å². The molecule has 0 fully saturated rings. The number of nitrogens with two attached hydrogens (primary N) is 1. The lowest BCUT2D eigenvalue weighted by atomic mass is 10.1. The normalized spacial score (nSPS) is 9.92. The summed E-state index contributed by atoms with van der Waals surface area (Å²) in [6.45, 7) is 11.3. The van der Waals surface area contributed by atoms with Crippen molar-refractivity contribution in [1.29, 1.82) is 0 Å². The van der Waals surface area contributed by atoms with E-state index >= 15 is 0 Å². The van der Waals surface area contributed by atoms with Gasteiger partial charge in [0.25, 0.3) is 0 Å². The van der Waals surface area contributed by atoms with Crippen LogP contribution in [0.3, 0.4) is 0 Å². The van der Waals surface area contributed by atoms with Crippen molar-refractivity contribution < 1.29 is 23.4 Å². The van der Waals surface area contributed by atoms with Crippen molar-refractivity contribution >= 4 is 11.9 Å². The van der Waals surface area contributed by atoms with Gasteiger partial charge in [0, 0.05) is 12.5 Å². The highest BCUT2D eigenvalue weighted by Crippen LogP contribution is 2.15. The van der Waals surface area contributed by atoms with Crippen molar-refractivity contribution in [2.45, 2.75) is 41.5 Å². The molecule has 0 spiro atoms. The van der Waals surface area contributed by atoms with Crippen LogP contribution in [0, 0.1) is 13.8 Å². The lowest BCUT2D eigenvalue weighted by molar-refractivity contribution is -0.155. The number of aliphatic imine (C=N–C) groups is 1. The van der Waals surface area contributed by atoms with Crippen LogP contribution in [0.1, 0.15) is 44.6 Å². The molecule has 1 aromatic heterocycles. The van der Waals surface area contributed by atoms with E-state index in [4.69, 9.17) is 5.73 Å². The zero-order chi connectivity index (χ0) is 19.4. The summed E-state index contributed by atoms with van der Waals surface area (Å²) in [7, 11) is 0. The zero-order valence-corrected chi connectivity index (χ0v) is 15.3. The number of hydrogen-bond donors (Lipinski definition) is 1. The highest BCUT2D eigenvalue weighted by Gasteiger charge is 2.14. The summed E-state index contributed by atoms with van der Waals surface area (Å²) in [6, 6.07) is 7.06. The van der Waals surface area contributed by atoms with Crippen molar-refractivity contribution in [1.82, 2.24) is 0 Å². The number of nitrogens with zero attached hydrogens (tertiary/aromatic N) is 1. The molecular weight excluding hydrogens is 328 g/mol. The maximum atomic E-state index is 11.4. The number of aryl methyl sites for hydroxylation is 2. The second-order valence-electron chi connectivity index (χ2n) is 4.09. The van der Waals surface area contributed by atoms with Crippen molar-refractivity contribution in [2.24, 2.45) is 10.7 Å². The minimum absolute atomic E-state index is 0.0308. The number of benzene rings is 1. The Labute approximate surface area is 146 Å². The number of carbonyl (C=O) groups is 1. The second kappa shape index (κ2) is 11.5. The Morgan fingerprint density at radius 2 is 1.60 bits per heavy atom. The van der Waals surface area contributed by atoms with E-state index in [0.717, 1.165) is 5.56 Å². The topological polar surface area (TPSA) is 117 Å². The van der Waals surface area contributed by atoms with Gasteiger partial charge in [0.15, 0.2) is 5.76 Å². The van der Waals surface area contributed by atoms with Gasteiger partial charge in [-0.25, -0.2) is 19.4 Å². The van der Waals surface area contributed by atoms with Gasteiger partial charge in [0.1, 0.15) is 5.84 Å². The molecule has 0 aliphatic carbocycles. The molecule has 0 unspecified atom stereocenters. The molecule has 0 saturated heterocycles. The van der Waals surface area contributed by atoms with Crippen LogP contribution in [0.4, 0.5) is 4.79 Å². The largest absolute Gasteiger partial charge is 0.521 e. The minimum Gasteiger partial charge on any atom is -0.392 e. The Bertz CT molecular complexity index is 728. The van der Waals surface area contributed by atoms with Crippen LogP contribution in [0.5, 0.6) is 5.95 Å². The molecule has 8 heteroatoms. The average Bonchev–Trinajstić information content (AvgIpc) is 2.94. The van der Waals surface area contributed by atoms with E-state index in [9.17, 15) is 9.59 Å². The predicted octanol–water partition coefficient (Wildman–Crippen LogP) is 3.74. The van der Waals surface area contributed by atoms with Gasteiger partial charge in [-0.15, -0.1) is 0 Å². The van der Waals surface area contributed by atoms with Gasteiger partial charge in [-0.3, -0.25) is 0 Å². The zero-order valence-electron chi connectivity index (χ0n) is 15.3. The molecule has 0 atom stereocenters. The van der Waals surface area contributed by atoms with Crippen molar-refractivity contribution in [3.63, 3.8) is 0 Å². The van der Waals surface area contributed by atoms with Crippen LogP contribution in [-0.4, -0.2) is 11.9 Å². The Morgan fingerprint density at radius 3 is 2.08 bits per heavy atom. The molecule has 2 aromatic rings. The van der Waals surface area contributed by atoms with Crippen LogP contribution in [0.25, 0.3) is 0 Å². The molecule has 0 radical (unpaired) electrons. The van der Waals surface area contributed by atoms with E-state index in [2.05, 4.69) is 23.6 Å². The predicted molar refractivity (Wildman–Crippen MR) is 93.7 cm³/mol. The van der Waals surface area contributed by atoms with Crippen LogP contribution in [0.15, 0.2) is 42.9 Å². The van der Waals surface area contributed by atoms with Gasteiger partial charge in [-0.2, -0.15) is 4.99 Å². The van der Waals surface area contributed by atoms with E-state index in [1.165, 1.54) is 6.92 Å². The summed E-state index contributed by atoms with van der Waals surface area (Å²) in [4.78, 5) is 34.5. The third-order valence-electron chi connectivity index (χ3n) is 2.45. The van der Waals surface area contributed by atoms with E-state index in [1.54, 1.807) is 12.1 Å². The standard InChI is InChI=1S/C13H12N2O6.2C2H6/c1-7-3-5-9(6-4-7)10(14)15-12(16)21-20-11-8(2)18-13(17)19-11;2*1-2/h3-6H,1-2H3,(H2,14,15,16);2*1-2H3. The number of hydrogen-bond acceptors (Lipinski definition) is 6. The van der Waals surface area contributed by atoms with Gasteiger partial charge < -0.3 is 14.6 Å². The van der Waals surface area contributed by atoms with E-state index in [-0.39, 0.29) is 17.5 Å². The average molecular weight is 352 g/mol. The monoisotopic (exact) mass is 352 g/mol. The number of amidine groups is 1. The van der Waals surface area contributed by atoms with Crippen LogP contribution in [0.2, 0.25) is 0 Å². The SMILES string of the molecule is CC.CC.Cc1ccc(/C(N)=N\C(=O)OOc2oc(=O)oc2C)cc1. The molecule has 2 N–H and O–H groups in total. The van der Waals surface area contributed by atoms with Gasteiger partial charge >= 0.3 is 17.9 Å². The molecule has 1 heterocycles. The molecule has 0 saturated carbocycles. The van der Waals surface area contributed by atoms with Crippen LogP contribution < -0.4 is 16.4 Å².